The summed E-state index contributed by atoms with van der Waals surface area (Å²) >= 11 is 0. The first-order valence-electron chi connectivity index (χ1n) is 12.9. The number of hydrogen-bond donors (Lipinski definition) is 1. The van der Waals surface area contributed by atoms with Crippen LogP contribution in [0.4, 0.5) is 29.3 Å². The smallest absolute Gasteiger partial charge is 0.457 e. The SMILES string of the molecule is CC1(C)CCC(N(Cc2ccc(Oc3ccc(NC(=O)C(F)(F)F)c([N+](=O)[O-])c3)cc2)C(=O)OC(C)(C)C)CC1. The Hall–Kier alpha value is -3.83. The summed E-state index contributed by atoms with van der Waals surface area (Å²) in [4.78, 5) is 36.5. The van der Waals surface area contributed by atoms with Crippen molar-refractivity contribution in [2.45, 2.75) is 84.7 Å². The molecule has 0 heterocycles. The van der Waals surface area contributed by atoms with Gasteiger partial charge in [-0.05, 0) is 81.7 Å². The zero-order valence-electron chi connectivity index (χ0n) is 23.1. The van der Waals surface area contributed by atoms with Gasteiger partial charge in [0.05, 0.1) is 11.0 Å². The molecule has 0 unspecified atom stereocenters. The van der Waals surface area contributed by atoms with Gasteiger partial charge >= 0.3 is 18.2 Å². The molecule has 3 rings (SSSR count). The maximum absolute atomic E-state index is 13.1. The predicted molar refractivity (Wildman–Crippen MR) is 142 cm³/mol. The summed E-state index contributed by atoms with van der Waals surface area (Å²) in [7, 11) is 0. The van der Waals surface area contributed by atoms with Crippen LogP contribution in [0.15, 0.2) is 42.5 Å². The van der Waals surface area contributed by atoms with Crippen molar-refractivity contribution in [1.82, 2.24) is 4.90 Å². The van der Waals surface area contributed by atoms with Crippen molar-refractivity contribution in [3.63, 3.8) is 0 Å². The number of alkyl halides is 3. The van der Waals surface area contributed by atoms with Crippen molar-refractivity contribution < 1.29 is 37.2 Å². The molecule has 1 fully saturated rings. The largest absolute Gasteiger partial charge is 0.471 e. The van der Waals surface area contributed by atoms with Crippen LogP contribution in [0.2, 0.25) is 0 Å². The average Bonchev–Trinajstić information content (AvgIpc) is 2.83. The fraction of sp³-hybridized carbons (Fsp3) is 0.500. The van der Waals surface area contributed by atoms with E-state index in [-0.39, 0.29) is 23.3 Å². The molecule has 0 bridgehead atoms. The number of nitrogens with zero attached hydrogens (tertiary/aromatic N) is 2. The molecule has 1 aliphatic carbocycles. The molecule has 1 N–H and O–H groups in total. The van der Waals surface area contributed by atoms with E-state index in [4.69, 9.17) is 9.47 Å². The number of nitro benzene ring substituents is 1. The van der Waals surface area contributed by atoms with Crippen LogP contribution < -0.4 is 10.1 Å². The highest BCUT2D eigenvalue weighted by atomic mass is 19.4. The van der Waals surface area contributed by atoms with E-state index in [2.05, 4.69) is 13.8 Å². The standard InChI is InChI=1S/C28H34F3N3O6/c1-26(2,3)40-25(36)33(19-12-14-27(4,5)15-13-19)17-18-6-8-20(9-7-18)39-21-10-11-22(23(16-21)34(37)38)32-24(35)28(29,30)31/h6-11,16,19H,12-15,17H2,1-5H3,(H,32,35). The third-order valence-corrected chi connectivity index (χ3v) is 6.56. The Morgan fingerprint density at radius 3 is 2.15 bits per heavy atom. The van der Waals surface area contributed by atoms with Crippen LogP contribution in [0.3, 0.4) is 0 Å². The van der Waals surface area contributed by atoms with Crippen LogP contribution in [0.5, 0.6) is 11.5 Å². The number of nitrogens with one attached hydrogen (secondary N) is 1. The van der Waals surface area contributed by atoms with Gasteiger partial charge in [0.15, 0.2) is 0 Å². The number of amides is 2. The van der Waals surface area contributed by atoms with Crippen LogP contribution in [-0.4, -0.2) is 39.6 Å². The van der Waals surface area contributed by atoms with Gasteiger partial charge < -0.3 is 19.7 Å². The number of rotatable bonds is 7. The molecule has 218 valence electrons. The highest BCUT2D eigenvalue weighted by Gasteiger charge is 2.40. The minimum absolute atomic E-state index is 0.00957. The molecule has 2 aromatic carbocycles. The number of benzene rings is 2. The molecule has 1 saturated carbocycles. The third kappa shape index (κ3) is 8.59. The minimum atomic E-state index is -5.20. The van der Waals surface area contributed by atoms with Crippen molar-refractivity contribution >= 4 is 23.4 Å². The molecule has 0 spiro atoms. The van der Waals surface area contributed by atoms with E-state index < -0.39 is 34.0 Å². The topological polar surface area (TPSA) is 111 Å². The first-order chi connectivity index (χ1) is 18.4. The van der Waals surface area contributed by atoms with Gasteiger partial charge in [0.2, 0.25) is 0 Å². The summed E-state index contributed by atoms with van der Waals surface area (Å²) in [6, 6.07) is 9.90. The Morgan fingerprint density at radius 2 is 1.62 bits per heavy atom. The summed E-state index contributed by atoms with van der Waals surface area (Å²) in [6.45, 7) is 10.2. The summed E-state index contributed by atoms with van der Waals surface area (Å²) < 4.78 is 49.0. The number of carbonyl (C=O) groups excluding carboxylic acids is 2. The second kappa shape index (κ2) is 11.7. The fourth-order valence-corrected chi connectivity index (χ4v) is 4.38. The number of carbonyl (C=O) groups is 2. The van der Waals surface area contributed by atoms with E-state index in [1.54, 1.807) is 29.2 Å². The van der Waals surface area contributed by atoms with Gasteiger partial charge in [-0.25, -0.2) is 4.79 Å². The third-order valence-electron chi connectivity index (χ3n) is 6.56. The molecule has 40 heavy (non-hydrogen) atoms. The summed E-state index contributed by atoms with van der Waals surface area (Å²) in [6.07, 6.45) is -1.86. The predicted octanol–water partition coefficient (Wildman–Crippen LogP) is 7.59. The van der Waals surface area contributed by atoms with Gasteiger partial charge in [-0.2, -0.15) is 13.2 Å². The fourth-order valence-electron chi connectivity index (χ4n) is 4.38. The Bertz CT molecular complexity index is 1230. The van der Waals surface area contributed by atoms with Crippen LogP contribution in [0.25, 0.3) is 0 Å². The van der Waals surface area contributed by atoms with E-state index >= 15 is 0 Å². The Morgan fingerprint density at radius 1 is 1.05 bits per heavy atom. The lowest BCUT2D eigenvalue weighted by atomic mass is 9.75. The summed E-state index contributed by atoms with van der Waals surface area (Å²) in [5.41, 5.74) is -0.959. The van der Waals surface area contributed by atoms with E-state index in [1.165, 1.54) is 11.4 Å². The second-order valence-electron chi connectivity index (χ2n) is 11.6. The van der Waals surface area contributed by atoms with E-state index in [0.29, 0.717) is 12.3 Å². The minimum Gasteiger partial charge on any atom is -0.457 e. The highest BCUT2D eigenvalue weighted by molar-refractivity contribution is 5.96. The van der Waals surface area contributed by atoms with Crippen molar-refractivity contribution in [3.05, 3.63) is 58.1 Å². The zero-order chi connectivity index (χ0) is 29.9. The van der Waals surface area contributed by atoms with Crippen molar-refractivity contribution in [3.8, 4) is 11.5 Å². The molecule has 12 heteroatoms. The number of halogens is 3. The number of hydrogen-bond acceptors (Lipinski definition) is 6. The van der Waals surface area contributed by atoms with Gasteiger partial charge in [0.25, 0.3) is 5.69 Å². The van der Waals surface area contributed by atoms with E-state index in [9.17, 15) is 32.9 Å². The van der Waals surface area contributed by atoms with E-state index in [1.807, 2.05) is 20.8 Å². The molecule has 1 aliphatic rings. The lowest BCUT2D eigenvalue weighted by molar-refractivity contribution is -0.384. The lowest BCUT2D eigenvalue weighted by Gasteiger charge is -2.40. The molecule has 2 aromatic rings. The molecule has 2 amide bonds. The number of ether oxygens (including phenoxy) is 2. The molecule has 0 aliphatic heterocycles. The maximum atomic E-state index is 13.1. The maximum Gasteiger partial charge on any atom is 0.471 e. The van der Waals surface area contributed by atoms with Gasteiger partial charge in [0, 0.05) is 12.6 Å². The van der Waals surface area contributed by atoms with Crippen LogP contribution in [0, 0.1) is 15.5 Å². The molecular weight excluding hydrogens is 531 g/mol. The summed E-state index contributed by atoms with van der Waals surface area (Å²) in [5.74, 6) is -2.02. The first kappa shape index (κ1) is 30.7. The van der Waals surface area contributed by atoms with Crippen LogP contribution >= 0.6 is 0 Å². The van der Waals surface area contributed by atoms with Gasteiger partial charge in [-0.1, -0.05) is 26.0 Å². The Labute approximate surface area is 230 Å². The molecule has 0 aromatic heterocycles. The van der Waals surface area contributed by atoms with Gasteiger partial charge in [0.1, 0.15) is 22.8 Å². The Kier molecular flexibility index (Phi) is 9.00. The van der Waals surface area contributed by atoms with E-state index in [0.717, 1.165) is 43.4 Å². The molecule has 0 radical (unpaired) electrons. The van der Waals surface area contributed by atoms with Gasteiger partial charge in [-0.15, -0.1) is 0 Å². The first-order valence-corrected chi connectivity index (χ1v) is 12.9. The monoisotopic (exact) mass is 565 g/mol. The van der Waals surface area contributed by atoms with Crippen molar-refractivity contribution in [2.24, 2.45) is 5.41 Å². The zero-order valence-corrected chi connectivity index (χ0v) is 23.1. The van der Waals surface area contributed by atoms with Crippen molar-refractivity contribution in [2.75, 3.05) is 5.32 Å². The van der Waals surface area contributed by atoms with Crippen LogP contribution in [0.1, 0.15) is 65.9 Å². The quantitative estimate of drug-likeness (QED) is 0.273. The molecule has 9 nitrogen and oxygen atoms in total. The average molecular weight is 566 g/mol. The number of anilines is 1. The van der Waals surface area contributed by atoms with Gasteiger partial charge in [-0.3, -0.25) is 14.9 Å². The second-order valence-corrected chi connectivity index (χ2v) is 11.6. The lowest BCUT2D eigenvalue weighted by Crippen LogP contribution is -2.45. The molecule has 0 saturated heterocycles. The summed E-state index contributed by atoms with van der Waals surface area (Å²) in [5, 5.41) is 12.9. The number of nitro groups is 1. The molecule has 0 atom stereocenters. The molecular formula is C28H34F3N3O6. The highest BCUT2D eigenvalue weighted by Crippen LogP contribution is 2.38. The van der Waals surface area contributed by atoms with Crippen molar-refractivity contribution in [1.29, 1.82) is 0 Å². The Balaban J connectivity index is 1.74. The van der Waals surface area contributed by atoms with Crippen LogP contribution in [-0.2, 0) is 16.1 Å². The normalized spacial score (nSPS) is 15.7.